The number of rotatable bonds is 6. The first kappa shape index (κ1) is 16.7. The van der Waals surface area contributed by atoms with Crippen LogP contribution in [0.5, 0.6) is 0 Å². The molecule has 0 aromatic heterocycles. The molecule has 126 valence electrons. The first-order valence-electron chi connectivity index (χ1n) is 7.72. The molecule has 0 heterocycles. The Morgan fingerprint density at radius 2 is 1.79 bits per heavy atom. The minimum Gasteiger partial charge on any atom is -0.469 e. The Bertz CT molecular complexity index is 816. The zero-order chi connectivity index (χ0) is 17.2. The number of methoxy groups -OCH3 is 1. The molecule has 0 spiro atoms. The van der Waals surface area contributed by atoms with E-state index >= 15 is 0 Å². The van der Waals surface area contributed by atoms with Gasteiger partial charge in [0.15, 0.2) is 0 Å². The number of carbonyl (C=O) groups is 1. The summed E-state index contributed by atoms with van der Waals surface area (Å²) in [7, 11) is -2.18. The van der Waals surface area contributed by atoms with E-state index in [0.717, 1.165) is 17.5 Å². The van der Waals surface area contributed by atoms with E-state index in [4.69, 9.17) is 4.74 Å². The normalized spacial score (nSPS) is 19.7. The van der Waals surface area contributed by atoms with Crippen LogP contribution >= 0.6 is 0 Å². The number of sulfonamides is 1. The molecule has 0 saturated heterocycles. The van der Waals surface area contributed by atoms with Gasteiger partial charge in [-0.1, -0.05) is 42.5 Å². The molecule has 1 aliphatic rings. The molecule has 0 amide bonds. The van der Waals surface area contributed by atoms with Crippen LogP contribution in [0, 0.1) is 5.92 Å². The fourth-order valence-corrected chi connectivity index (χ4v) is 3.74. The highest BCUT2D eigenvalue weighted by atomic mass is 32.2. The van der Waals surface area contributed by atoms with Crippen molar-refractivity contribution in [1.29, 1.82) is 0 Å². The molecule has 2 aromatic rings. The van der Waals surface area contributed by atoms with Gasteiger partial charge in [0.2, 0.25) is 10.0 Å². The Morgan fingerprint density at radius 3 is 2.42 bits per heavy atom. The third kappa shape index (κ3) is 3.66. The lowest BCUT2D eigenvalue weighted by Crippen LogP contribution is -2.23. The number of hydrogen-bond acceptors (Lipinski definition) is 4. The van der Waals surface area contributed by atoms with Crippen molar-refractivity contribution in [3.63, 3.8) is 0 Å². The molecule has 5 nitrogen and oxygen atoms in total. The smallest absolute Gasteiger partial charge is 0.309 e. The largest absolute Gasteiger partial charge is 0.469 e. The Kier molecular flexibility index (Phi) is 4.69. The second-order valence-corrected chi connectivity index (χ2v) is 7.62. The molecule has 1 N–H and O–H groups in total. The number of ether oxygens (including phenoxy) is 1. The second-order valence-electron chi connectivity index (χ2n) is 5.85. The van der Waals surface area contributed by atoms with Gasteiger partial charge in [-0.3, -0.25) is 4.79 Å². The molecular weight excluding hydrogens is 326 g/mol. The average molecular weight is 345 g/mol. The highest BCUT2D eigenvalue weighted by Crippen LogP contribution is 2.48. The zero-order valence-electron chi connectivity index (χ0n) is 13.3. The molecule has 2 unspecified atom stereocenters. The van der Waals surface area contributed by atoms with Crippen molar-refractivity contribution >= 4 is 16.0 Å². The molecule has 1 saturated carbocycles. The first-order chi connectivity index (χ1) is 11.5. The van der Waals surface area contributed by atoms with Gasteiger partial charge in [-0.05, 0) is 35.6 Å². The fourth-order valence-electron chi connectivity index (χ4n) is 2.73. The van der Waals surface area contributed by atoms with Crippen molar-refractivity contribution in [2.24, 2.45) is 5.92 Å². The summed E-state index contributed by atoms with van der Waals surface area (Å²) in [4.78, 5) is 11.7. The predicted octanol–water partition coefficient (Wildman–Crippen LogP) is 2.44. The lowest BCUT2D eigenvalue weighted by molar-refractivity contribution is -0.142. The quantitative estimate of drug-likeness (QED) is 0.816. The Hall–Kier alpha value is -2.18. The van der Waals surface area contributed by atoms with Crippen LogP contribution in [-0.4, -0.2) is 21.5 Å². The van der Waals surface area contributed by atoms with E-state index in [1.54, 1.807) is 24.3 Å². The summed E-state index contributed by atoms with van der Waals surface area (Å²) < 4.78 is 32.0. The Morgan fingerprint density at radius 1 is 1.12 bits per heavy atom. The van der Waals surface area contributed by atoms with E-state index in [-0.39, 0.29) is 29.2 Å². The average Bonchev–Trinajstić information content (AvgIpc) is 3.41. The van der Waals surface area contributed by atoms with Crippen molar-refractivity contribution in [1.82, 2.24) is 4.72 Å². The van der Waals surface area contributed by atoms with Crippen LogP contribution in [0.4, 0.5) is 0 Å². The first-order valence-corrected chi connectivity index (χ1v) is 9.21. The van der Waals surface area contributed by atoms with Crippen LogP contribution in [0.2, 0.25) is 0 Å². The summed E-state index contributed by atoms with van der Waals surface area (Å²) in [6, 6.07) is 16.0. The Balaban J connectivity index is 1.65. The van der Waals surface area contributed by atoms with Gasteiger partial charge in [0, 0.05) is 6.54 Å². The maximum Gasteiger partial charge on any atom is 0.309 e. The number of carbonyl (C=O) groups excluding carboxylic acids is 1. The van der Waals surface area contributed by atoms with Crippen LogP contribution in [0.15, 0.2) is 59.5 Å². The minimum absolute atomic E-state index is 0.103. The summed E-state index contributed by atoms with van der Waals surface area (Å²) in [6.07, 6.45) is 0.755. The van der Waals surface area contributed by atoms with Gasteiger partial charge >= 0.3 is 5.97 Å². The van der Waals surface area contributed by atoms with Gasteiger partial charge < -0.3 is 4.74 Å². The maximum absolute atomic E-state index is 12.3. The van der Waals surface area contributed by atoms with Gasteiger partial charge in [0.1, 0.15) is 0 Å². The highest BCUT2D eigenvalue weighted by Gasteiger charge is 2.44. The highest BCUT2D eigenvalue weighted by molar-refractivity contribution is 7.89. The molecule has 6 heteroatoms. The lowest BCUT2D eigenvalue weighted by atomic mass is 10.1. The van der Waals surface area contributed by atoms with Crippen LogP contribution in [0.25, 0.3) is 0 Å². The van der Waals surface area contributed by atoms with Gasteiger partial charge in [-0.2, -0.15) is 0 Å². The molecule has 2 atom stereocenters. The van der Waals surface area contributed by atoms with E-state index < -0.39 is 10.0 Å². The number of nitrogens with one attached hydrogen (secondary N) is 1. The topological polar surface area (TPSA) is 72.5 Å². The van der Waals surface area contributed by atoms with Gasteiger partial charge in [-0.15, -0.1) is 0 Å². The summed E-state index contributed by atoms with van der Waals surface area (Å²) in [5.41, 5.74) is 1.86. The van der Waals surface area contributed by atoms with Gasteiger partial charge in [-0.25, -0.2) is 13.1 Å². The van der Waals surface area contributed by atoms with E-state index in [9.17, 15) is 13.2 Å². The molecule has 0 aliphatic heterocycles. The summed E-state index contributed by atoms with van der Waals surface area (Å²) in [6.45, 7) is 0.248. The van der Waals surface area contributed by atoms with Crippen molar-refractivity contribution in [3.8, 4) is 0 Å². The van der Waals surface area contributed by atoms with Crippen LogP contribution in [-0.2, 0) is 26.1 Å². The van der Waals surface area contributed by atoms with E-state index in [1.165, 1.54) is 7.11 Å². The summed E-state index contributed by atoms with van der Waals surface area (Å²) >= 11 is 0. The maximum atomic E-state index is 12.3. The number of esters is 1. The van der Waals surface area contributed by atoms with Gasteiger partial charge in [0.25, 0.3) is 0 Å². The zero-order valence-corrected chi connectivity index (χ0v) is 14.1. The van der Waals surface area contributed by atoms with Crippen molar-refractivity contribution < 1.29 is 17.9 Å². The molecular formula is C18H19NO4S. The second kappa shape index (κ2) is 6.75. The molecule has 3 rings (SSSR count). The standard InChI is InChI=1S/C18H19NO4S/c1-23-18(20)17-11-16(17)14-7-9-15(10-8-14)24(21,22)19-12-13-5-3-2-4-6-13/h2-10,16-17,19H,11-12H2,1H3. The van der Waals surface area contributed by atoms with Crippen LogP contribution < -0.4 is 4.72 Å². The lowest BCUT2D eigenvalue weighted by Gasteiger charge is -2.08. The molecule has 24 heavy (non-hydrogen) atoms. The third-order valence-corrected chi connectivity index (χ3v) is 5.64. The molecule has 0 radical (unpaired) electrons. The molecule has 1 aliphatic carbocycles. The van der Waals surface area contributed by atoms with Crippen LogP contribution in [0.1, 0.15) is 23.5 Å². The molecule has 2 aromatic carbocycles. The fraction of sp³-hybridized carbons (Fsp3) is 0.278. The Labute approximate surface area is 141 Å². The van der Waals surface area contributed by atoms with E-state index in [1.807, 2.05) is 30.3 Å². The SMILES string of the molecule is COC(=O)C1CC1c1ccc(S(=O)(=O)NCc2ccccc2)cc1. The van der Waals surface area contributed by atoms with E-state index in [2.05, 4.69) is 4.72 Å². The van der Waals surface area contributed by atoms with Crippen molar-refractivity contribution in [2.45, 2.75) is 23.8 Å². The summed E-state index contributed by atoms with van der Waals surface area (Å²) in [5, 5.41) is 0. The molecule has 1 fully saturated rings. The van der Waals surface area contributed by atoms with Gasteiger partial charge in [0.05, 0.1) is 17.9 Å². The summed E-state index contributed by atoms with van der Waals surface area (Å²) in [5.74, 6) is -0.179. The molecule has 0 bridgehead atoms. The van der Waals surface area contributed by atoms with Crippen molar-refractivity contribution in [3.05, 3.63) is 65.7 Å². The monoisotopic (exact) mass is 345 g/mol. The minimum atomic E-state index is -3.56. The number of benzene rings is 2. The number of hydrogen-bond donors (Lipinski definition) is 1. The van der Waals surface area contributed by atoms with Crippen molar-refractivity contribution in [2.75, 3.05) is 7.11 Å². The predicted molar refractivity (Wildman–Crippen MR) is 89.8 cm³/mol. The third-order valence-electron chi connectivity index (χ3n) is 4.22. The van der Waals surface area contributed by atoms with Crippen LogP contribution in [0.3, 0.4) is 0 Å². The van der Waals surface area contributed by atoms with E-state index in [0.29, 0.717) is 0 Å².